The molecule has 3 nitrogen and oxygen atoms in total. The number of aliphatic hydroxyl groups is 2. The number of alkyl halides is 12. The van der Waals surface area contributed by atoms with Crippen molar-refractivity contribution in [3.05, 3.63) is 7.43 Å². The maximum atomic E-state index is 11.0. The third-order valence-electron chi connectivity index (χ3n) is 1.54. The Morgan fingerprint density at radius 2 is 0.704 bits per heavy atom. The topological polar surface area (TPSA) is 52.8 Å². The average Bonchev–Trinajstić information content (AvgIpc) is 2.33. The van der Waals surface area contributed by atoms with Crippen molar-refractivity contribution in [2.24, 2.45) is 3.79 Å². The molecular formula is C11H16F12NO2V-. The zero-order valence-corrected chi connectivity index (χ0v) is 15.4. The average molecular weight is 473 g/mol. The number of halogens is 12. The van der Waals surface area contributed by atoms with Crippen molar-refractivity contribution >= 4 is 0 Å². The number of aliphatic hydroxyl groups excluding tert-OH is 2. The van der Waals surface area contributed by atoms with Gasteiger partial charge in [0.2, 0.25) is 12.2 Å². The Labute approximate surface area is 155 Å². The Morgan fingerprint density at radius 1 is 0.593 bits per heavy atom. The fourth-order valence-corrected chi connectivity index (χ4v) is 0.371. The van der Waals surface area contributed by atoms with Gasteiger partial charge in [-0.1, -0.05) is 0 Å². The molecule has 0 bridgehead atoms. The first-order valence-electron chi connectivity index (χ1n) is 5.86. The molecule has 0 aromatic heterocycles. The van der Waals surface area contributed by atoms with Gasteiger partial charge in [-0.25, -0.2) is 0 Å². The van der Waals surface area contributed by atoms with E-state index in [1.807, 2.05) is 0 Å². The predicted molar refractivity (Wildman–Crippen MR) is 64.8 cm³/mol. The van der Waals surface area contributed by atoms with Gasteiger partial charge in [0.05, 0.1) is 0 Å². The van der Waals surface area contributed by atoms with Crippen LogP contribution >= 0.6 is 0 Å². The van der Waals surface area contributed by atoms with Crippen LogP contribution in [-0.2, 0) is 17.2 Å². The number of rotatable bonds is 0. The molecule has 0 atom stereocenters. The molecule has 0 aliphatic rings. The molecule has 16 heteroatoms. The molecule has 2 N–H and O–H groups in total. The third kappa shape index (κ3) is 20.0. The molecule has 0 aliphatic carbocycles. The summed E-state index contributed by atoms with van der Waals surface area (Å²) in [5.41, 5.74) is 0.139. The first-order valence-corrected chi connectivity index (χ1v) is 6.49. The molecule has 0 unspecified atom stereocenters. The summed E-state index contributed by atoms with van der Waals surface area (Å²) in [5.74, 6) is 0. The molecule has 0 radical (unpaired) electrons. The minimum Gasteiger partial charge on any atom is -0.377 e. The van der Waals surface area contributed by atoms with E-state index in [1.165, 1.54) is 0 Å². The quantitative estimate of drug-likeness (QED) is 0.388. The van der Waals surface area contributed by atoms with Gasteiger partial charge < -0.3 is 17.6 Å². The molecule has 0 aromatic carbocycles. The second-order valence-corrected chi connectivity index (χ2v) is 5.55. The number of hydrogen-bond acceptors (Lipinski definition) is 3. The Hall–Kier alpha value is -0.536. The Balaban J connectivity index is -0.000000149. The minimum atomic E-state index is -5.63. The van der Waals surface area contributed by atoms with E-state index in [1.54, 1.807) is 0 Å². The van der Waals surface area contributed by atoms with E-state index in [4.69, 9.17) is 10.2 Å². The van der Waals surface area contributed by atoms with Crippen molar-refractivity contribution in [3.8, 4) is 0 Å². The van der Waals surface area contributed by atoms with Crippen LogP contribution < -0.4 is 0 Å². The summed E-state index contributed by atoms with van der Waals surface area (Å²) in [4.78, 5) is 0. The summed E-state index contributed by atoms with van der Waals surface area (Å²) in [6.07, 6.45) is -31.0. The van der Waals surface area contributed by atoms with E-state index in [0.29, 0.717) is 0 Å². The zero-order valence-electron chi connectivity index (χ0n) is 14.0. The summed E-state index contributed by atoms with van der Waals surface area (Å²) in [6, 6.07) is 0. The predicted octanol–water partition coefficient (Wildman–Crippen LogP) is 4.91. The van der Waals surface area contributed by atoms with E-state index in [9.17, 15) is 52.7 Å². The van der Waals surface area contributed by atoms with E-state index in [0.717, 1.165) is 0 Å². The van der Waals surface area contributed by atoms with Gasteiger partial charge in [0, 0.05) is 0 Å². The van der Waals surface area contributed by atoms with Crippen molar-refractivity contribution in [1.82, 2.24) is 0 Å². The minimum absolute atomic E-state index is 0. The monoisotopic (exact) mass is 473 g/mol. The van der Waals surface area contributed by atoms with Crippen LogP contribution in [0.25, 0.3) is 0 Å². The van der Waals surface area contributed by atoms with Crippen LogP contribution in [0.2, 0.25) is 0 Å². The van der Waals surface area contributed by atoms with E-state index in [-0.39, 0.29) is 13.0 Å². The molecule has 0 saturated carbocycles. The second-order valence-electron chi connectivity index (χ2n) is 5.24. The number of hydrogen-bond donors (Lipinski definition) is 2. The maximum Gasteiger partial charge on any atom is 0.423 e. The normalized spacial score (nSPS) is 13.1. The summed E-state index contributed by atoms with van der Waals surface area (Å²) in [7, 11) is 0. The molecule has 0 rings (SSSR count). The molecule has 0 spiro atoms. The molecule has 0 aromatic rings. The first-order chi connectivity index (χ1) is 10.9. The Bertz CT molecular complexity index is 350. The van der Waals surface area contributed by atoms with E-state index < -0.39 is 36.9 Å². The molecule has 0 amide bonds. The molecule has 0 saturated heterocycles. The van der Waals surface area contributed by atoms with Gasteiger partial charge >= 0.3 is 72.0 Å². The van der Waals surface area contributed by atoms with Crippen LogP contribution in [0, 0.1) is 7.43 Å². The third-order valence-corrected chi connectivity index (χ3v) is 2.48. The Kier molecular flexibility index (Phi) is 14.4. The van der Waals surface area contributed by atoms with Gasteiger partial charge in [0.1, 0.15) is 0 Å². The van der Waals surface area contributed by atoms with Crippen molar-refractivity contribution in [2.75, 3.05) is 0 Å². The second kappa shape index (κ2) is 11.5. The van der Waals surface area contributed by atoms with Gasteiger partial charge in [0.25, 0.3) is 0 Å². The molecule has 0 aliphatic heterocycles. The molecule has 0 fully saturated rings. The van der Waals surface area contributed by atoms with Gasteiger partial charge in [-0.3, -0.25) is 0 Å². The van der Waals surface area contributed by atoms with Crippen molar-refractivity contribution in [1.29, 1.82) is 0 Å². The van der Waals surface area contributed by atoms with Gasteiger partial charge in [0.15, 0.2) is 0 Å². The van der Waals surface area contributed by atoms with Crippen LogP contribution in [0.1, 0.15) is 20.8 Å². The summed E-state index contributed by atoms with van der Waals surface area (Å²) in [5, 5.41) is 14.9. The molecule has 167 valence electrons. The standard InChI is InChI=1S/C4H9N.2C3H2F6O.CH3.V/c1-4(2,3)5;2*4-2(5,6)1(10)3(7,8)9;;/h1-3H3;2*1,10H;1H3;/q;;;-1;. The summed E-state index contributed by atoms with van der Waals surface area (Å²) >= 11 is 2.22. The summed E-state index contributed by atoms with van der Waals surface area (Å²) in [6.45, 7) is 6.18. The zero-order chi connectivity index (χ0) is 22.4. The molecular weight excluding hydrogens is 457 g/mol. The van der Waals surface area contributed by atoms with Crippen LogP contribution in [0.4, 0.5) is 52.7 Å². The summed E-state index contributed by atoms with van der Waals surface area (Å²) < 4.78 is 136. The van der Waals surface area contributed by atoms with Crippen LogP contribution in [0.3, 0.4) is 0 Å². The maximum absolute atomic E-state index is 11.0. The van der Waals surface area contributed by atoms with Crippen molar-refractivity contribution in [2.45, 2.75) is 63.2 Å². The van der Waals surface area contributed by atoms with E-state index >= 15 is 0 Å². The van der Waals surface area contributed by atoms with E-state index in [2.05, 4.69) is 41.8 Å². The fourth-order valence-electron chi connectivity index (χ4n) is 0.371. The van der Waals surface area contributed by atoms with Gasteiger partial charge in [-0.15, -0.1) is 0 Å². The largest absolute Gasteiger partial charge is 0.423 e. The van der Waals surface area contributed by atoms with Crippen molar-refractivity contribution < 1.29 is 80.1 Å². The number of nitrogens with zero attached hydrogens (tertiary/aromatic N) is 1. The van der Waals surface area contributed by atoms with Crippen LogP contribution in [0.5, 0.6) is 0 Å². The van der Waals surface area contributed by atoms with Crippen molar-refractivity contribution in [3.63, 3.8) is 0 Å². The van der Waals surface area contributed by atoms with Gasteiger partial charge in [-0.05, 0) is 0 Å². The fraction of sp³-hybridized carbons (Fsp3) is 0.909. The van der Waals surface area contributed by atoms with Gasteiger partial charge in [-0.2, -0.15) is 52.7 Å². The smallest absolute Gasteiger partial charge is 0.377 e. The SMILES string of the molecule is CC(C)(C)[N]=[V].OC(C(F)(F)F)C(F)(F)F.OC(C(F)(F)F)C(F)(F)F.[CH3-]. The first kappa shape index (κ1) is 34.0. The van der Waals surface area contributed by atoms with Crippen LogP contribution in [0.15, 0.2) is 3.79 Å². The Morgan fingerprint density at radius 3 is 0.704 bits per heavy atom. The van der Waals surface area contributed by atoms with Crippen LogP contribution in [-0.4, -0.2) is 52.7 Å². The molecule has 0 heterocycles. The molecule has 27 heavy (non-hydrogen) atoms.